The maximum Gasteiger partial charge on any atom is 0.259 e. The predicted octanol–water partition coefficient (Wildman–Crippen LogP) is 2.75. The molecule has 0 saturated heterocycles. The molecule has 1 aromatic rings. The van der Waals surface area contributed by atoms with Crippen molar-refractivity contribution in [3.63, 3.8) is 0 Å². The highest BCUT2D eigenvalue weighted by Gasteiger charge is 2.60. The van der Waals surface area contributed by atoms with Gasteiger partial charge in [-0.2, -0.15) is 0 Å². The fraction of sp³-hybridized carbons (Fsp3) is 0.389. The second-order valence-corrected chi connectivity index (χ2v) is 7.10. The number of nitrogens with one attached hydrogen (secondary N) is 2. The van der Waals surface area contributed by atoms with Crippen molar-refractivity contribution in [1.82, 2.24) is 5.32 Å². The minimum absolute atomic E-state index is 0.0535. The molecule has 3 rings (SSSR count). The molecule has 5 nitrogen and oxygen atoms in total. The molecule has 3 amide bonds. The lowest BCUT2D eigenvalue weighted by atomic mass is 10.1. The van der Waals surface area contributed by atoms with Crippen LogP contribution in [0.15, 0.2) is 29.8 Å². The minimum Gasteiger partial charge on any atom is -0.326 e. The third kappa shape index (κ3) is 2.56. The van der Waals surface area contributed by atoms with Gasteiger partial charge in [-0.05, 0) is 43.4 Å². The van der Waals surface area contributed by atoms with Gasteiger partial charge in [0.1, 0.15) is 0 Å². The lowest BCUT2D eigenvalue weighted by Gasteiger charge is -2.07. The first kappa shape index (κ1) is 15.5. The average molecular weight is 312 g/mol. The number of benzene rings is 1. The van der Waals surface area contributed by atoms with Crippen molar-refractivity contribution in [3.05, 3.63) is 41.0 Å². The highest BCUT2D eigenvalue weighted by Crippen LogP contribution is 2.59. The van der Waals surface area contributed by atoms with Crippen LogP contribution in [0.1, 0.15) is 48.4 Å². The van der Waals surface area contributed by atoms with Crippen molar-refractivity contribution in [2.24, 2.45) is 17.3 Å². The number of hydrogen-bond donors (Lipinski definition) is 2. The van der Waals surface area contributed by atoms with Crippen LogP contribution in [0.3, 0.4) is 0 Å². The van der Waals surface area contributed by atoms with Gasteiger partial charge in [0.2, 0.25) is 5.91 Å². The molecule has 5 heteroatoms. The van der Waals surface area contributed by atoms with Crippen LogP contribution >= 0.6 is 0 Å². The van der Waals surface area contributed by atoms with Gasteiger partial charge in [0.15, 0.2) is 0 Å². The number of amides is 3. The van der Waals surface area contributed by atoms with Crippen LogP contribution in [0.4, 0.5) is 5.69 Å². The number of carbonyl (C=O) groups excluding carboxylic acids is 3. The maximum atomic E-state index is 12.5. The Balaban J connectivity index is 1.78. The molecule has 0 aromatic heterocycles. The smallest absolute Gasteiger partial charge is 0.259 e. The van der Waals surface area contributed by atoms with E-state index in [-0.39, 0.29) is 23.2 Å². The van der Waals surface area contributed by atoms with E-state index in [9.17, 15) is 14.4 Å². The Hall–Kier alpha value is -2.43. The summed E-state index contributed by atoms with van der Waals surface area (Å²) in [6.45, 7) is 8.21. The van der Waals surface area contributed by atoms with E-state index in [2.05, 4.69) is 30.6 Å². The van der Waals surface area contributed by atoms with Crippen LogP contribution in [0.2, 0.25) is 0 Å². The molecule has 0 unspecified atom stereocenters. The third-order valence-corrected chi connectivity index (χ3v) is 4.71. The van der Waals surface area contributed by atoms with E-state index in [4.69, 9.17) is 0 Å². The van der Waals surface area contributed by atoms with Gasteiger partial charge in [0.25, 0.3) is 11.8 Å². The Morgan fingerprint density at radius 3 is 2.48 bits per heavy atom. The zero-order valence-electron chi connectivity index (χ0n) is 13.7. The molecule has 1 heterocycles. The van der Waals surface area contributed by atoms with Crippen molar-refractivity contribution < 1.29 is 14.4 Å². The van der Waals surface area contributed by atoms with Crippen molar-refractivity contribution in [1.29, 1.82) is 0 Å². The van der Waals surface area contributed by atoms with E-state index >= 15 is 0 Å². The summed E-state index contributed by atoms with van der Waals surface area (Å²) in [7, 11) is 0. The summed E-state index contributed by atoms with van der Waals surface area (Å²) < 4.78 is 0. The number of rotatable bonds is 3. The lowest BCUT2D eigenvalue weighted by molar-refractivity contribution is -0.118. The summed E-state index contributed by atoms with van der Waals surface area (Å²) in [4.78, 5) is 35.7. The van der Waals surface area contributed by atoms with Crippen molar-refractivity contribution >= 4 is 23.4 Å². The summed E-state index contributed by atoms with van der Waals surface area (Å²) in [5.74, 6) is -0.722. The van der Waals surface area contributed by atoms with E-state index < -0.39 is 11.8 Å². The first-order valence-corrected chi connectivity index (χ1v) is 7.67. The first-order chi connectivity index (χ1) is 10.7. The number of imide groups is 1. The molecule has 0 spiro atoms. The standard InChI is InChI=1S/C18H20N2O3/c1-9(2)7-13-14(18(13,3)4)17(23)19-10-5-6-11-12(8-10)16(22)20-15(11)21/h5-8,13-14H,1-4H3,(H,19,23)(H,20,21,22)/t13-,14-/m0/s1. The molecular weight excluding hydrogens is 292 g/mol. The Labute approximate surface area is 135 Å². The molecule has 1 aromatic carbocycles. The number of hydrogen-bond acceptors (Lipinski definition) is 3. The zero-order chi connectivity index (χ0) is 16.9. The monoisotopic (exact) mass is 312 g/mol. The third-order valence-electron chi connectivity index (χ3n) is 4.71. The molecule has 0 radical (unpaired) electrons. The molecule has 120 valence electrons. The van der Waals surface area contributed by atoms with Crippen LogP contribution < -0.4 is 10.6 Å². The van der Waals surface area contributed by atoms with Gasteiger partial charge in [-0.15, -0.1) is 0 Å². The van der Waals surface area contributed by atoms with Crippen LogP contribution in [0.25, 0.3) is 0 Å². The van der Waals surface area contributed by atoms with Gasteiger partial charge < -0.3 is 5.32 Å². The Morgan fingerprint density at radius 2 is 1.83 bits per heavy atom. The summed E-state index contributed by atoms with van der Waals surface area (Å²) in [5, 5.41) is 5.11. The van der Waals surface area contributed by atoms with E-state index in [1.807, 2.05) is 13.8 Å². The van der Waals surface area contributed by atoms with Gasteiger partial charge in [-0.1, -0.05) is 25.5 Å². The van der Waals surface area contributed by atoms with Gasteiger partial charge >= 0.3 is 0 Å². The second-order valence-electron chi connectivity index (χ2n) is 7.10. The molecule has 23 heavy (non-hydrogen) atoms. The number of fused-ring (bicyclic) bond motifs is 1. The molecule has 1 aliphatic carbocycles. The van der Waals surface area contributed by atoms with E-state index in [0.29, 0.717) is 16.8 Å². The summed E-state index contributed by atoms with van der Waals surface area (Å²) in [5.41, 5.74) is 2.33. The van der Waals surface area contributed by atoms with Gasteiger partial charge in [0, 0.05) is 5.69 Å². The van der Waals surface area contributed by atoms with Crippen molar-refractivity contribution in [2.75, 3.05) is 5.32 Å². The van der Waals surface area contributed by atoms with Gasteiger partial charge in [-0.25, -0.2) is 0 Å². The van der Waals surface area contributed by atoms with Crippen molar-refractivity contribution in [2.45, 2.75) is 27.7 Å². The SMILES string of the molecule is CC(C)=C[C@H]1[C@@H](C(=O)Nc2ccc3c(c2)C(=O)NC3=O)C1(C)C. The van der Waals surface area contributed by atoms with Gasteiger partial charge in [0.05, 0.1) is 17.0 Å². The van der Waals surface area contributed by atoms with E-state index in [0.717, 1.165) is 0 Å². The second kappa shape index (κ2) is 5.05. The fourth-order valence-electron chi connectivity index (χ4n) is 3.31. The van der Waals surface area contributed by atoms with Crippen LogP contribution in [-0.2, 0) is 4.79 Å². The normalized spacial score (nSPS) is 23.8. The molecule has 1 aliphatic heterocycles. The lowest BCUT2D eigenvalue weighted by Crippen LogP contribution is -2.20. The van der Waals surface area contributed by atoms with Gasteiger partial charge in [-0.3, -0.25) is 19.7 Å². The summed E-state index contributed by atoms with van der Waals surface area (Å²) in [6, 6.07) is 4.77. The topological polar surface area (TPSA) is 75.3 Å². The Bertz CT molecular complexity index is 758. The zero-order valence-corrected chi connectivity index (χ0v) is 13.7. The number of anilines is 1. The number of carbonyl (C=O) groups is 3. The van der Waals surface area contributed by atoms with E-state index in [1.54, 1.807) is 18.2 Å². The van der Waals surface area contributed by atoms with Crippen LogP contribution in [0, 0.1) is 17.3 Å². The Kier molecular flexibility index (Phi) is 3.39. The highest BCUT2D eigenvalue weighted by molar-refractivity contribution is 6.22. The molecule has 0 bridgehead atoms. The highest BCUT2D eigenvalue weighted by atomic mass is 16.2. The molecule has 2 N–H and O–H groups in total. The maximum absolute atomic E-state index is 12.5. The van der Waals surface area contributed by atoms with E-state index in [1.165, 1.54) is 5.57 Å². The molecule has 1 fully saturated rings. The summed E-state index contributed by atoms with van der Waals surface area (Å²) >= 11 is 0. The first-order valence-electron chi connectivity index (χ1n) is 7.67. The average Bonchev–Trinajstić information content (AvgIpc) is 2.85. The fourth-order valence-corrected chi connectivity index (χ4v) is 3.31. The van der Waals surface area contributed by atoms with Crippen molar-refractivity contribution in [3.8, 4) is 0 Å². The van der Waals surface area contributed by atoms with Crippen LogP contribution in [0.5, 0.6) is 0 Å². The Morgan fingerprint density at radius 1 is 1.17 bits per heavy atom. The quantitative estimate of drug-likeness (QED) is 0.665. The minimum atomic E-state index is -0.421. The molecule has 2 aliphatic rings. The predicted molar refractivity (Wildman–Crippen MR) is 87.1 cm³/mol. The molecule has 2 atom stereocenters. The summed E-state index contributed by atoms with van der Waals surface area (Å²) in [6.07, 6.45) is 2.14. The number of allylic oxidation sites excluding steroid dienone is 2. The van der Waals surface area contributed by atoms with Crippen LogP contribution in [-0.4, -0.2) is 17.7 Å². The molecular formula is C18H20N2O3. The molecule has 1 saturated carbocycles. The largest absolute Gasteiger partial charge is 0.326 e.